The van der Waals surface area contributed by atoms with Crippen LogP contribution in [0.5, 0.6) is 11.5 Å². The minimum atomic E-state index is 0.134. The van der Waals surface area contributed by atoms with Gasteiger partial charge in [-0.05, 0) is 61.8 Å². The molecule has 4 heteroatoms. The van der Waals surface area contributed by atoms with Gasteiger partial charge in [0.25, 0.3) is 0 Å². The number of ether oxygens (including phenoxy) is 2. The Morgan fingerprint density at radius 1 is 1.17 bits per heavy atom. The molecule has 128 valence electrons. The molecule has 0 bridgehead atoms. The molecule has 0 aliphatic heterocycles. The fourth-order valence-electron chi connectivity index (χ4n) is 3.34. The summed E-state index contributed by atoms with van der Waals surface area (Å²) in [5.41, 5.74) is 1.01. The standard InChI is InChI=1S/C19H29NO3/c1-4-14-5-8-16(9-6-14)20-19(21)12-7-15-13-17(22-2)10-11-18(15)23-3/h10-11,13-14,16H,4-9,12H2,1-3H3,(H,20,21). The average Bonchev–Trinajstić information content (AvgIpc) is 2.60. The fraction of sp³-hybridized carbons (Fsp3) is 0.632. The Morgan fingerprint density at radius 2 is 1.91 bits per heavy atom. The second kappa shape index (κ2) is 8.80. The molecule has 23 heavy (non-hydrogen) atoms. The van der Waals surface area contributed by atoms with E-state index in [9.17, 15) is 4.79 Å². The second-order valence-corrected chi connectivity index (χ2v) is 6.37. The van der Waals surface area contributed by atoms with Crippen molar-refractivity contribution in [3.63, 3.8) is 0 Å². The van der Waals surface area contributed by atoms with Gasteiger partial charge in [-0.15, -0.1) is 0 Å². The maximum Gasteiger partial charge on any atom is 0.220 e. The van der Waals surface area contributed by atoms with Crippen molar-refractivity contribution in [3.8, 4) is 11.5 Å². The Morgan fingerprint density at radius 3 is 2.52 bits per heavy atom. The van der Waals surface area contributed by atoms with Crippen LogP contribution in [0.4, 0.5) is 0 Å². The van der Waals surface area contributed by atoms with Gasteiger partial charge in [0, 0.05) is 12.5 Å². The molecule has 4 nitrogen and oxygen atoms in total. The molecule has 1 aromatic rings. The summed E-state index contributed by atoms with van der Waals surface area (Å²) >= 11 is 0. The van der Waals surface area contributed by atoms with Gasteiger partial charge in [0.15, 0.2) is 0 Å². The Bertz CT molecular complexity index is 507. The highest BCUT2D eigenvalue weighted by Gasteiger charge is 2.21. The van der Waals surface area contributed by atoms with Crippen LogP contribution in [0, 0.1) is 5.92 Å². The van der Waals surface area contributed by atoms with Gasteiger partial charge in [-0.25, -0.2) is 0 Å². The zero-order chi connectivity index (χ0) is 16.7. The zero-order valence-electron chi connectivity index (χ0n) is 14.6. The minimum Gasteiger partial charge on any atom is -0.497 e. The lowest BCUT2D eigenvalue weighted by Crippen LogP contribution is -2.37. The average molecular weight is 319 g/mol. The van der Waals surface area contributed by atoms with Crippen LogP contribution < -0.4 is 14.8 Å². The van der Waals surface area contributed by atoms with Gasteiger partial charge < -0.3 is 14.8 Å². The van der Waals surface area contributed by atoms with E-state index < -0.39 is 0 Å². The molecule has 0 unspecified atom stereocenters. The SMILES string of the molecule is CCC1CCC(NC(=O)CCc2cc(OC)ccc2OC)CC1. The third kappa shape index (κ3) is 5.15. The van der Waals surface area contributed by atoms with Crippen LogP contribution in [0.3, 0.4) is 0 Å². The van der Waals surface area contributed by atoms with Crippen LogP contribution in [0.25, 0.3) is 0 Å². The molecule has 0 heterocycles. The number of nitrogens with one attached hydrogen (secondary N) is 1. The number of amides is 1. The van der Waals surface area contributed by atoms with Gasteiger partial charge in [0.2, 0.25) is 5.91 Å². The number of rotatable bonds is 7. The van der Waals surface area contributed by atoms with Crippen molar-refractivity contribution in [1.29, 1.82) is 0 Å². The molecule has 2 rings (SSSR count). The summed E-state index contributed by atoms with van der Waals surface area (Å²) in [7, 11) is 3.29. The lowest BCUT2D eigenvalue weighted by atomic mass is 9.84. The van der Waals surface area contributed by atoms with Crippen LogP contribution >= 0.6 is 0 Å². The molecule has 1 aromatic carbocycles. The third-order valence-electron chi connectivity index (χ3n) is 4.90. The third-order valence-corrected chi connectivity index (χ3v) is 4.90. The van der Waals surface area contributed by atoms with E-state index >= 15 is 0 Å². The van der Waals surface area contributed by atoms with E-state index in [0.29, 0.717) is 18.9 Å². The van der Waals surface area contributed by atoms with Crippen LogP contribution in [0.2, 0.25) is 0 Å². The summed E-state index contributed by atoms with van der Waals surface area (Å²) in [4.78, 5) is 12.2. The van der Waals surface area contributed by atoms with Gasteiger partial charge in [0.1, 0.15) is 11.5 Å². The fourth-order valence-corrected chi connectivity index (χ4v) is 3.34. The first-order chi connectivity index (χ1) is 11.2. The molecule has 0 atom stereocenters. The lowest BCUT2D eigenvalue weighted by molar-refractivity contribution is -0.122. The van der Waals surface area contributed by atoms with E-state index in [1.54, 1.807) is 14.2 Å². The molecule has 1 N–H and O–H groups in total. The monoisotopic (exact) mass is 319 g/mol. The van der Waals surface area contributed by atoms with Crippen molar-refractivity contribution in [1.82, 2.24) is 5.32 Å². The topological polar surface area (TPSA) is 47.6 Å². The second-order valence-electron chi connectivity index (χ2n) is 6.37. The molecular formula is C19H29NO3. The van der Waals surface area contributed by atoms with Gasteiger partial charge in [-0.2, -0.15) is 0 Å². The van der Waals surface area contributed by atoms with Gasteiger partial charge in [-0.3, -0.25) is 4.79 Å². The summed E-state index contributed by atoms with van der Waals surface area (Å²) < 4.78 is 10.6. The molecular weight excluding hydrogens is 290 g/mol. The molecule has 0 saturated heterocycles. The van der Waals surface area contributed by atoms with E-state index in [2.05, 4.69) is 12.2 Å². The van der Waals surface area contributed by atoms with Gasteiger partial charge >= 0.3 is 0 Å². The largest absolute Gasteiger partial charge is 0.497 e. The Kier molecular flexibility index (Phi) is 6.75. The number of benzene rings is 1. The van der Waals surface area contributed by atoms with Crippen molar-refractivity contribution in [2.45, 2.75) is 57.9 Å². The number of aryl methyl sites for hydroxylation is 1. The first-order valence-corrected chi connectivity index (χ1v) is 8.66. The summed E-state index contributed by atoms with van der Waals surface area (Å²) in [5.74, 6) is 2.58. The highest BCUT2D eigenvalue weighted by Crippen LogP contribution is 2.27. The normalized spacial score (nSPS) is 20.8. The molecule has 0 spiro atoms. The predicted molar refractivity (Wildman–Crippen MR) is 92.0 cm³/mol. The van der Waals surface area contributed by atoms with Crippen molar-refractivity contribution < 1.29 is 14.3 Å². The van der Waals surface area contributed by atoms with Crippen molar-refractivity contribution in [2.75, 3.05) is 14.2 Å². The Balaban J connectivity index is 1.82. The Hall–Kier alpha value is -1.71. The summed E-state index contributed by atoms with van der Waals surface area (Å²) in [6.45, 7) is 2.26. The van der Waals surface area contributed by atoms with Crippen LogP contribution in [0.1, 0.15) is 51.0 Å². The minimum absolute atomic E-state index is 0.134. The van der Waals surface area contributed by atoms with Gasteiger partial charge in [0.05, 0.1) is 14.2 Å². The van der Waals surface area contributed by atoms with Crippen molar-refractivity contribution >= 4 is 5.91 Å². The Labute approximate surface area is 139 Å². The quantitative estimate of drug-likeness (QED) is 0.833. The molecule has 1 aliphatic carbocycles. The maximum absolute atomic E-state index is 12.2. The van der Waals surface area contributed by atoms with E-state index in [1.807, 2.05) is 18.2 Å². The number of carbonyl (C=O) groups is 1. The number of carbonyl (C=O) groups excluding carboxylic acids is 1. The number of hydrogen-bond donors (Lipinski definition) is 1. The van der Waals surface area contributed by atoms with E-state index in [0.717, 1.165) is 35.8 Å². The smallest absolute Gasteiger partial charge is 0.220 e. The predicted octanol–water partition coefficient (Wildman–Crippen LogP) is 3.72. The molecule has 1 amide bonds. The van der Waals surface area contributed by atoms with Gasteiger partial charge in [-0.1, -0.05) is 13.3 Å². The maximum atomic E-state index is 12.2. The summed E-state index contributed by atoms with van der Waals surface area (Å²) in [5, 5.41) is 3.19. The van der Waals surface area contributed by atoms with E-state index in [-0.39, 0.29) is 5.91 Å². The highest BCUT2D eigenvalue weighted by atomic mass is 16.5. The molecule has 1 saturated carbocycles. The van der Waals surface area contributed by atoms with E-state index in [1.165, 1.54) is 19.3 Å². The molecule has 1 fully saturated rings. The molecule has 1 aliphatic rings. The van der Waals surface area contributed by atoms with Crippen molar-refractivity contribution in [3.05, 3.63) is 23.8 Å². The van der Waals surface area contributed by atoms with Crippen LogP contribution in [-0.4, -0.2) is 26.2 Å². The van der Waals surface area contributed by atoms with Crippen molar-refractivity contribution in [2.24, 2.45) is 5.92 Å². The molecule has 0 radical (unpaired) electrons. The lowest BCUT2D eigenvalue weighted by Gasteiger charge is -2.28. The summed E-state index contributed by atoms with van der Waals surface area (Å²) in [6.07, 6.45) is 7.12. The van der Waals surface area contributed by atoms with E-state index in [4.69, 9.17) is 9.47 Å². The number of methoxy groups -OCH3 is 2. The summed E-state index contributed by atoms with van der Waals surface area (Å²) in [6, 6.07) is 6.06. The first-order valence-electron chi connectivity index (χ1n) is 8.66. The zero-order valence-corrected chi connectivity index (χ0v) is 14.6. The first kappa shape index (κ1) is 17.6. The molecule has 0 aromatic heterocycles. The number of hydrogen-bond acceptors (Lipinski definition) is 3. The van der Waals surface area contributed by atoms with Crippen LogP contribution in [0.15, 0.2) is 18.2 Å². The van der Waals surface area contributed by atoms with Crippen LogP contribution in [-0.2, 0) is 11.2 Å². The highest BCUT2D eigenvalue weighted by molar-refractivity contribution is 5.76.